The first-order valence-corrected chi connectivity index (χ1v) is 6.40. The number of benzene rings is 1. The summed E-state index contributed by atoms with van der Waals surface area (Å²) in [7, 11) is 1.92. The second-order valence-corrected chi connectivity index (χ2v) is 4.89. The molecule has 0 fully saturated rings. The first kappa shape index (κ1) is 11.5. The van der Waals surface area contributed by atoms with Crippen LogP contribution in [-0.2, 0) is 13.7 Å². The molecule has 0 unspecified atom stereocenters. The third-order valence-corrected chi connectivity index (χ3v) is 4.06. The van der Waals surface area contributed by atoms with Crippen molar-refractivity contribution in [1.82, 2.24) is 14.5 Å². The van der Waals surface area contributed by atoms with Gasteiger partial charge in [0.05, 0.1) is 12.3 Å². The van der Waals surface area contributed by atoms with Crippen molar-refractivity contribution in [3.8, 4) is 11.4 Å². The number of rotatable bonds is 2. The van der Waals surface area contributed by atoms with Crippen LogP contribution in [-0.4, -0.2) is 19.6 Å². The molecular weight excluding hydrogens is 294 g/mol. The average Bonchev–Trinajstić information content (AvgIpc) is 2.93. The van der Waals surface area contributed by atoms with Crippen LogP contribution in [0.25, 0.3) is 22.3 Å². The number of aliphatic hydroxyl groups is 1. The molecule has 2 heterocycles. The minimum absolute atomic E-state index is 0.0726. The number of fused-ring (bicyclic) bond motifs is 1. The third kappa shape index (κ3) is 1.59. The van der Waals surface area contributed by atoms with Crippen LogP contribution >= 0.6 is 15.9 Å². The summed E-state index contributed by atoms with van der Waals surface area (Å²) in [6.07, 6.45) is 1.95. The van der Waals surface area contributed by atoms with Gasteiger partial charge in [-0.2, -0.15) is 0 Å². The molecule has 0 saturated carbocycles. The quantitative estimate of drug-likeness (QED) is 0.765. The highest BCUT2D eigenvalue weighted by molar-refractivity contribution is 9.10. The molecule has 0 saturated heterocycles. The summed E-state index contributed by atoms with van der Waals surface area (Å²) in [5, 5.41) is 10.4. The molecule has 1 aromatic carbocycles. The molecule has 0 atom stereocenters. The van der Waals surface area contributed by atoms with E-state index in [0.717, 1.165) is 26.9 Å². The van der Waals surface area contributed by atoms with Gasteiger partial charge < -0.3 is 14.7 Å². The number of imidazole rings is 1. The Morgan fingerprint density at radius 3 is 2.89 bits per heavy atom. The van der Waals surface area contributed by atoms with Gasteiger partial charge in [-0.3, -0.25) is 0 Å². The summed E-state index contributed by atoms with van der Waals surface area (Å²) >= 11 is 3.44. The van der Waals surface area contributed by atoms with E-state index in [1.807, 2.05) is 36.0 Å². The Morgan fingerprint density at radius 2 is 2.17 bits per heavy atom. The van der Waals surface area contributed by atoms with Crippen LogP contribution in [0.4, 0.5) is 0 Å². The normalized spacial score (nSPS) is 11.3. The molecule has 0 aliphatic carbocycles. The van der Waals surface area contributed by atoms with Crippen molar-refractivity contribution in [1.29, 1.82) is 0 Å². The second-order valence-electron chi connectivity index (χ2n) is 4.14. The van der Waals surface area contributed by atoms with Crippen molar-refractivity contribution >= 4 is 26.8 Å². The first-order chi connectivity index (χ1) is 8.72. The van der Waals surface area contributed by atoms with Crippen LogP contribution in [0.15, 0.2) is 35.1 Å². The number of H-pyrrole nitrogens is 1. The van der Waals surface area contributed by atoms with Gasteiger partial charge in [0, 0.05) is 29.7 Å². The van der Waals surface area contributed by atoms with Gasteiger partial charge in [-0.1, -0.05) is 18.2 Å². The molecule has 5 heteroatoms. The molecule has 0 bridgehead atoms. The summed E-state index contributed by atoms with van der Waals surface area (Å²) < 4.78 is 2.74. The van der Waals surface area contributed by atoms with Crippen molar-refractivity contribution in [2.45, 2.75) is 6.61 Å². The zero-order valence-corrected chi connectivity index (χ0v) is 11.4. The van der Waals surface area contributed by atoms with E-state index < -0.39 is 0 Å². The lowest BCUT2D eigenvalue weighted by Gasteiger charge is -2.00. The van der Waals surface area contributed by atoms with Gasteiger partial charge >= 0.3 is 0 Å². The molecule has 0 spiro atoms. The molecule has 4 nitrogen and oxygen atoms in total. The SMILES string of the molecule is Cn1c(-c2c[nH]c3ccccc23)nc(CO)c1Br. The number of hydrogen-bond donors (Lipinski definition) is 2. The molecule has 18 heavy (non-hydrogen) atoms. The maximum Gasteiger partial charge on any atom is 0.143 e. The maximum absolute atomic E-state index is 9.25. The third-order valence-electron chi connectivity index (χ3n) is 3.07. The fourth-order valence-electron chi connectivity index (χ4n) is 2.13. The van der Waals surface area contributed by atoms with Gasteiger partial charge in [-0.25, -0.2) is 4.98 Å². The summed E-state index contributed by atoms with van der Waals surface area (Å²) in [5.74, 6) is 0.836. The number of halogens is 1. The van der Waals surface area contributed by atoms with E-state index in [9.17, 15) is 5.11 Å². The Kier molecular flexibility index (Phi) is 2.72. The Labute approximate surface area is 112 Å². The Bertz CT molecular complexity index is 714. The average molecular weight is 306 g/mol. The van der Waals surface area contributed by atoms with Gasteiger partial charge in [-0.05, 0) is 22.0 Å². The van der Waals surface area contributed by atoms with E-state index in [2.05, 4.69) is 32.0 Å². The van der Waals surface area contributed by atoms with Crippen LogP contribution in [0, 0.1) is 0 Å². The van der Waals surface area contributed by atoms with E-state index >= 15 is 0 Å². The van der Waals surface area contributed by atoms with Gasteiger partial charge in [0.25, 0.3) is 0 Å². The number of para-hydroxylation sites is 1. The lowest BCUT2D eigenvalue weighted by atomic mass is 10.1. The molecule has 0 radical (unpaired) electrons. The summed E-state index contributed by atoms with van der Waals surface area (Å²) in [4.78, 5) is 7.70. The predicted octanol–water partition coefficient (Wildman–Crippen LogP) is 2.82. The van der Waals surface area contributed by atoms with Gasteiger partial charge in [0.15, 0.2) is 0 Å². The van der Waals surface area contributed by atoms with E-state index in [1.165, 1.54) is 0 Å². The monoisotopic (exact) mass is 305 g/mol. The van der Waals surface area contributed by atoms with Gasteiger partial charge in [0.2, 0.25) is 0 Å². The van der Waals surface area contributed by atoms with E-state index in [0.29, 0.717) is 5.69 Å². The summed E-state index contributed by atoms with van der Waals surface area (Å²) in [6.45, 7) is -0.0726. The van der Waals surface area contributed by atoms with Crippen LogP contribution in [0.5, 0.6) is 0 Å². The van der Waals surface area contributed by atoms with Crippen LogP contribution in [0.1, 0.15) is 5.69 Å². The smallest absolute Gasteiger partial charge is 0.143 e. The lowest BCUT2D eigenvalue weighted by molar-refractivity contribution is 0.276. The fourth-order valence-corrected chi connectivity index (χ4v) is 2.52. The fraction of sp³-hybridized carbons (Fsp3) is 0.154. The number of nitrogens with one attached hydrogen (secondary N) is 1. The highest BCUT2D eigenvalue weighted by atomic mass is 79.9. The van der Waals surface area contributed by atoms with Crippen LogP contribution < -0.4 is 0 Å². The summed E-state index contributed by atoms with van der Waals surface area (Å²) in [5.41, 5.74) is 2.77. The molecule has 3 aromatic rings. The molecule has 0 aliphatic heterocycles. The van der Waals surface area contributed by atoms with Crippen molar-refractivity contribution in [2.24, 2.45) is 7.05 Å². The molecule has 0 aliphatic rings. The molecule has 92 valence electrons. The standard InChI is InChI=1S/C13H12BrN3O/c1-17-12(14)11(7-18)16-13(17)9-6-15-10-5-3-2-4-8(9)10/h2-6,15,18H,7H2,1H3. The Morgan fingerprint density at radius 1 is 1.39 bits per heavy atom. The van der Waals surface area contributed by atoms with Crippen molar-refractivity contribution in [3.05, 3.63) is 40.8 Å². The minimum atomic E-state index is -0.0726. The Hall–Kier alpha value is -1.59. The maximum atomic E-state index is 9.25. The zero-order valence-electron chi connectivity index (χ0n) is 9.81. The lowest BCUT2D eigenvalue weighted by Crippen LogP contribution is -1.92. The molecule has 2 aromatic heterocycles. The second kappa shape index (κ2) is 4.26. The first-order valence-electron chi connectivity index (χ1n) is 5.61. The van der Waals surface area contributed by atoms with E-state index in [-0.39, 0.29) is 6.61 Å². The highest BCUT2D eigenvalue weighted by Crippen LogP contribution is 2.30. The molecule has 0 amide bonds. The van der Waals surface area contributed by atoms with Crippen molar-refractivity contribution in [2.75, 3.05) is 0 Å². The number of hydrogen-bond acceptors (Lipinski definition) is 2. The zero-order chi connectivity index (χ0) is 12.7. The number of nitrogens with zero attached hydrogens (tertiary/aromatic N) is 2. The van der Waals surface area contributed by atoms with Gasteiger partial charge in [0.1, 0.15) is 10.4 Å². The van der Waals surface area contributed by atoms with E-state index in [1.54, 1.807) is 0 Å². The Balaban J connectivity index is 2.26. The molecule has 2 N–H and O–H groups in total. The van der Waals surface area contributed by atoms with Crippen molar-refractivity contribution in [3.63, 3.8) is 0 Å². The topological polar surface area (TPSA) is 53.8 Å². The largest absolute Gasteiger partial charge is 0.390 e. The number of aromatic nitrogens is 3. The van der Waals surface area contributed by atoms with Gasteiger partial charge in [-0.15, -0.1) is 0 Å². The minimum Gasteiger partial charge on any atom is -0.390 e. The highest BCUT2D eigenvalue weighted by Gasteiger charge is 2.15. The van der Waals surface area contributed by atoms with Crippen LogP contribution in [0.3, 0.4) is 0 Å². The molecule has 3 rings (SSSR count). The number of aliphatic hydroxyl groups excluding tert-OH is 1. The summed E-state index contributed by atoms with van der Waals surface area (Å²) in [6, 6.07) is 8.09. The van der Waals surface area contributed by atoms with Crippen molar-refractivity contribution < 1.29 is 5.11 Å². The predicted molar refractivity (Wildman–Crippen MR) is 74.1 cm³/mol. The molecular formula is C13H12BrN3O. The van der Waals surface area contributed by atoms with E-state index in [4.69, 9.17) is 0 Å². The number of aromatic amines is 1. The van der Waals surface area contributed by atoms with Crippen LogP contribution in [0.2, 0.25) is 0 Å².